The van der Waals surface area contributed by atoms with E-state index in [0.717, 1.165) is 39.1 Å². The molecule has 0 amide bonds. The molecule has 2 saturated heterocycles. The van der Waals surface area contributed by atoms with E-state index in [4.69, 9.17) is 10.5 Å². The number of piperidine rings is 1. The summed E-state index contributed by atoms with van der Waals surface area (Å²) in [5.74, 6) is 0. The van der Waals surface area contributed by atoms with Gasteiger partial charge in [-0.3, -0.25) is 4.90 Å². The van der Waals surface area contributed by atoms with Gasteiger partial charge in [0.2, 0.25) is 0 Å². The smallest absolute Gasteiger partial charge is 0.0586 e. The summed E-state index contributed by atoms with van der Waals surface area (Å²) in [6.45, 7) is 4.71. The molecule has 2 unspecified atom stereocenters. The summed E-state index contributed by atoms with van der Waals surface area (Å²) in [6, 6.07) is 0.345. The highest BCUT2D eigenvalue weighted by molar-refractivity contribution is 4.90. The number of rotatable bonds is 4. The second-order valence-corrected chi connectivity index (χ2v) is 5.31. The van der Waals surface area contributed by atoms with Gasteiger partial charge in [-0.2, -0.15) is 0 Å². The fraction of sp³-hybridized carbons (Fsp3) is 1.00. The predicted octanol–water partition coefficient (Wildman–Crippen LogP) is 0.199. The maximum absolute atomic E-state index is 9.39. The van der Waals surface area contributed by atoms with Gasteiger partial charge in [0.25, 0.3) is 0 Å². The van der Waals surface area contributed by atoms with Gasteiger partial charge in [0.05, 0.1) is 13.2 Å². The van der Waals surface area contributed by atoms with Crippen LogP contribution >= 0.6 is 0 Å². The van der Waals surface area contributed by atoms with Crippen LogP contribution in [0.25, 0.3) is 0 Å². The second-order valence-electron chi connectivity index (χ2n) is 5.31. The van der Waals surface area contributed by atoms with Gasteiger partial charge in [-0.1, -0.05) is 6.42 Å². The van der Waals surface area contributed by atoms with Crippen LogP contribution in [-0.2, 0) is 4.74 Å². The van der Waals surface area contributed by atoms with E-state index in [2.05, 4.69) is 4.90 Å². The molecule has 2 rings (SSSR count). The third-order valence-electron chi connectivity index (χ3n) is 4.12. The van der Waals surface area contributed by atoms with Crippen LogP contribution in [0.3, 0.4) is 0 Å². The fourth-order valence-electron chi connectivity index (χ4n) is 2.91. The lowest BCUT2D eigenvalue weighted by molar-refractivity contribution is 0.0433. The molecule has 0 spiro atoms. The number of nitrogens with two attached hydrogens (primary N) is 1. The van der Waals surface area contributed by atoms with E-state index in [9.17, 15) is 5.11 Å². The van der Waals surface area contributed by atoms with Crippen molar-refractivity contribution in [1.29, 1.82) is 0 Å². The van der Waals surface area contributed by atoms with Gasteiger partial charge < -0.3 is 15.6 Å². The van der Waals surface area contributed by atoms with Gasteiger partial charge >= 0.3 is 0 Å². The van der Waals surface area contributed by atoms with Crippen molar-refractivity contribution in [1.82, 2.24) is 4.90 Å². The van der Waals surface area contributed by atoms with Crippen molar-refractivity contribution in [3.8, 4) is 0 Å². The maximum atomic E-state index is 9.39. The molecule has 2 aliphatic rings. The molecule has 0 aromatic heterocycles. The highest BCUT2D eigenvalue weighted by Crippen LogP contribution is 2.30. The summed E-state index contributed by atoms with van der Waals surface area (Å²) in [7, 11) is 0. The van der Waals surface area contributed by atoms with Gasteiger partial charge in [-0.15, -0.1) is 0 Å². The molecule has 0 radical (unpaired) electrons. The van der Waals surface area contributed by atoms with Gasteiger partial charge in [-0.25, -0.2) is 0 Å². The van der Waals surface area contributed by atoms with Crippen molar-refractivity contribution >= 4 is 0 Å². The Morgan fingerprint density at radius 3 is 2.94 bits per heavy atom. The van der Waals surface area contributed by atoms with Gasteiger partial charge in [0.1, 0.15) is 0 Å². The van der Waals surface area contributed by atoms with Crippen LogP contribution < -0.4 is 5.73 Å². The molecule has 2 atom stereocenters. The summed E-state index contributed by atoms with van der Waals surface area (Å²) >= 11 is 0. The quantitative estimate of drug-likeness (QED) is 0.721. The Labute approximate surface area is 97.7 Å². The molecule has 2 heterocycles. The minimum Gasteiger partial charge on any atom is -0.395 e. The lowest BCUT2D eigenvalue weighted by Crippen LogP contribution is -2.50. The summed E-state index contributed by atoms with van der Waals surface area (Å²) in [6.07, 6.45) is 4.68. The van der Waals surface area contributed by atoms with E-state index in [-0.39, 0.29) is 12.0 Å². The van der Waals surface area contributed by atoms with Crippen LogP contribution in [0.5, 0.6) is 0 Å². The molecule has 4 nitrogen and oxygen atoms in total. The Morgan fingerprint density at radius 1 is 1.44 bits per heavy atom. The van der Waals surface area contributed by atoms with E-state index < -0.39 is 0 Å². The van der Waals surface area contributed by atoms with Crippen LogP contribution in [0, 0.1) is 5.41 Å². The molecule has 2 aliphatic heterocycles. The maximum Gasteiger partial charge on any atom is 0.0586 e. The van der Waals surface area contributed by atoms with E-state index in [0.29, 0.717) is 12.6 Å². The zero-order chi connectivity index (χ0) is 11.4. The number of hydrogen-bond donors (Lipinski definition) is 2. The molecule has 0 aliphatic carbocycles. The second kappa shape index (κ2) is 5.45. The molecule has 2 fully saturated rings. The van der Waals surface area contributed by atoms with Crippen molar-refractivity contribution in [2.24, 2.45) is 11.1 Å². The van der Waals surface area contributed by atoms with Gasteiger partial charge in [-0.05, 0) is 25.8 Å². The fourth-order valence-corrected chi connectivity index (χ4v) is 2.91. The number of aliphatic hydroxyl groups is 1. The lowest BCUT2D eigenvalue weighted by Gasteiger charge is -2.40. The standard InChI is InChI=1S/C12H24N2O2/c13-8-12(4-6-16-10-12)9-14-5-2-1-3-11(14)7-15/h11,15H,1-10,13H2. The van der Waals surface area contributed by atoms with Crippen LogP contribution in [0.2, 0.25) is 0 Å². The number of ether oxygens (including phenoxy) is 1. The molecule has 94 valence electrons. The van der Waals surface area contributed by atoms with Crippen LogP contribution in [0.15, 0.2) is 0 Å². The average Bonchev–Trinajstić information content (AvgIpc) is 2.79. The average molecular weight is 228 g/mol. The molecular formula is C12H24N2O2. The third kappa shape index (κ3) is 2.56. The molecule has 0 aromatic carbocycles. The highest BCUT2D eigenvalue weighted by Gasteiger charge is 2.37. The molecule has 3 N–H and O–H groups in total. The monoisotopic (exact) mass is 228 g/mol. The normalized spacial score (nSPS) is 36.8. The first-order valence-corrected chi connectivity index (χ1v) is 6.42. The number of nitrogens with zero attached hydrogens (tertiary/aromatic N) is 1. The Balaban J connectivity index is 1.95. The Morgan fingerprint density at radius 2 is 2.31 bits per heavy atom. The first kappa shape index (κ1) is 12.3. The predicted molar refractivity (Wildman–Crippen MR) is 63.2 cm³/mol. The van der Waals surface area contributed by atoms with Crippen molar-refractivity contribution in [3.63, 3.8) is 0 Å². The molecular weight excluding hydrogens is 204 g/mol. The third-order valence-corrected chi connectivity index (χ3v) is 4.12. The zero-order valence-corrected chi connectivity index (χ0v) is 10.0. The van der Waals surface area contributed by atoms with Crippen molar-refractivity contribution in [2.45, 2.75) is 31.7 Å². The van der Waals surface area contributed by atoms with E-state index >= 15 is 0 Å². The largest absolute Gasteiger partial charge is 0.395 e. The number of likely N-dealkylation sites (tertiary alicyclic amines) is 1. The summed E-state index contributed by atoms with van der Waals surface area (Å²) in [5.41, 5.74) is 6.05. The molecule has 0 aromatic rings. The Bertz CT molecular complexity index is 217. The van der Waals surface area contributed by atoms with Crippen LogP contribution in [0.1, 0.15) is 25.7 Å². The summed E-state index contributed by atoms with van der Waals surface area (Å²) in [5, 5.41) is 9.39. The molecule has 0 saturated carbocycles. The first-order chi connectivity index (χ1) is 7.79. The summed E-state index contributed by atoms with van der Waals surface area (Å²) < 4.78 is 5.49. The minimum atomic E-state index is 0.144. The number of hydrogen-bond acceptors (Lipinski definition) is 4. The van der Waals surface area contributed by atoms with E-state index in [1.165, 1.54) is 12.8 Å². The van der Waals surface area contributed by atoms with Gasteiger partial charge in [0, 0.05) is 31.2 Å². The number of aliphatic hydroxyl groups excluding tert-OH is 1. The highest BCUT2D eigenvalue weighted by atomic mass is 16.5. The zero-order valence-electron chi connectivity index (χ0n) is 10.0. The first-order valence-electron chi connectivity index (χ1n) is 6.42. The van der Waals surface area contributed by atoms with E-state index in [1.807, 2.05) is 0 Å². The topological polar surface area (TPSA) is 58.7 Å². The minimum absolute atomic E-state index is 0.144. The van der Waals surface area contributed by atoms with Crippen LogP contribution in [0.4, 0.5) is 0 Å². The van der Waals surface area contributed by atoms with E-state index in [1.54, 1.807) is 0 Å². The van der Waals surface area contributed by atoms with Crippen molar-refractivity contribution in [3.05, 3.63) is 0 Å². The molecule has 4 heteroatoms. The lowest BCUT2D eigenvalue weighted by atomic mass is 9.85. The summed E-state index contributed by atoms with van der Waals surface area (Å²) in [4.78, 5) is 2.42. The Kier molecular flexibility index (Phi) is 4.19. The van der Waals surface area contributed by atoms with Gasteiger partial charge in [0.15, 0.2) is 0 Å². The van der Waals surface area contributed by atoms with Crippen molar-refractivity contribution in [2.75, 3.05) is 39.5 Å². The molecule has 16 heavy (non-hydrogen) atoms. The Hall–Kier alpha value is -0.160. The molecule has 0 bridgehead atoms. The van der Waals surface area contributed by atoms with Crippen molar-refractivity contribution < 1.29 is 9.84 Å². The SMILES string of the molecule is NCC1(CN2CCCCC2CO)CCOC1. The van der Waals surface area contributed by atoms with Crippen LogP contribution in [-0.4, -0.2) is 55.5 Å².